The molecule has 0 bridgehead atoms. The van der Waals surface area contributed by atoms with Gasteiger partial charge >= 0.3 is 0 Å². The summed E-state index contributed by atoms with van der Waals surface area (Å²) in [7, 11) is 4.10. The normalized spacial score (nSPS) is 12.1. The Balaban J connectivity index is 1.50. The molecule has 170 valence electrons. The summed E-state index contributed by atoms with van der Waals surface area (Å²) in [5.41, 5.74) is 2.75. The number of anilines is 1. The van der Waals surface area contributed by atoms with E-state index in [2.05, 4.69) is 40.4 Å². The van der Waals surface area contributed by atoms with Crippen LogP contribution in [0.3, 0.4) is 0 Å². The Bertz CT molecular complexity index is 1210. The van der Waals surface area contributed by atoms with E-state index in [1.54, 1.807) is 12.1 Å². The average Bonchev–Trinajstić information content (AvgIpc) is 3.48. The fourth-order valence-electron chi connectivity index (χ4n) is 3.71. The van der Waals surface area contributed by atoms with Gasteiger partial charge in [-0.1, -0.05) is 30.3 Å². The molecule has 2 amide bonds. The van der Waals surface area contributed by atoms with Crippen molar-refractivity contribution in [3.8, 4) is 0 Å². The van der Waals surface area contributed by atoms with Gasteiger partial charge < -0.3 is 24.5 Å². The van der Waals surface area contributed by atoms with Gasteiger partial charge in [-0.15, -0.1) is 0 Å². The molecule has 0 aliphatic carbocycles. The van der Waals surface area contributed by atoms with Crippen LogP contribution >= 0.6 is 0 Å². The molecule has 4 rings (SSSR count). The first-order valence-corrected chi connectivity index (χ1v) is 10.9. The molecule has 2 aromatic carbocycles. The van der Waals surface area contributed by atoms with E-state index in [1.165, 1.54) is 6.26 Å². The summed E-state index contributed by atoms with van der Waals surface area (Å²) in [4.78, 5) is 27.9. The Labute approximate surface area is 193 Å². The number of hydrogen-bond donors (Lipinski definition) is 2. The van der Waals surface area contributed by atoms with E-state index in [0.717, 1.165) is 29.6 Å². The number of furan rings is 1. The number of benzene rings is 2. The van der Waals surface area contributed by atoms with Crippen LogP contribution in [-0.4, -0.2) is 48.0 Å². The molecule has 7 heteroatoms. The number of likely N-dealkylation sites (N-methyl/N-ethyl adjacent to an activating group) is 1. The Morgan fingerprint density at radius 1 is 1.03 bits per heavy atom. The van der Waals surface area contributed by atoms with E-state index in [0.29, 0.717) is 12.1 Å². The van der Waals surface area contributed by atoms with Crippen molar-refractivity contribution in [3.05, 3.63) is 90.5 Å². The van der Waals surface area contributed by atoms with Crippen LogP contribution in [0.25, 0.3) is 10.9 Å². The molecule has 0 saturated heterocycles. The minimum Gasteiger partial charge on any atom is -0.459 e. The maximum Gasteiger partial charge on any atom is 0.287 e. The van der Waals surface area contributed by atoms with Crippen molar-refractivity contribution in [2.45, 2.75) is 19.0 Å². The van der Waals surface area contributed by atoms with Gasteiger partial charge in [-0.3, -0.25) is 9.59 Å². The van der Waals surface area contributed by atoms with Crippen LogP contribution in [0, 0.1) is 0 Å². The van der Waals surface area contributed by atoms with Crippen LogP contribution in [0.2, 0.25) is 0 Å². The third-order valence-corrected chi connectivity index (χ3v) is 5.48. The van der Waals surface area contributed by atoms with Crippen LogP contribution < -0.4 is 10.6 Å². The van der Waals surface area contributed by atoms with Crippen molar-refractivity contribution in [3.63, 3.8) is 0 Å². The van der Waals surface area contributed by atoms with E-state index in [9.17, 15) is 9.59 Å². The first-order valence-electron chi connectivity index (χ1n) is 10.9. The summed E-state index contributed by atoms with van der Waals surface area (Å²) in [5, 5.41) is 6.81. The number of rotatable bonds is 9. The average molecular weight is 445 g/mol. The topological polar surface area (TPSA) is 79.5 Å². The Morgan fingerprint density at radius 2 is 1.85 bits per heavy atom. The van der Waals surface area contributed by atoms with Crippen LogP contribution in [-0.2, 0) is 17.8 Å². The Hall–Kier alpha value is -3.84. The molecule has 1 atom stereocenters. The second-order valence-electron chi connectivity index (χ2n) is 8.27. The lowest BCUT2D eigenvalue weighted by atomic mass is 10.0. The predicted octanol–water partition coefficient (Wildman–Crippen LogP) is 3.78. The first kappa shape index (κ1) is 22.4. The van der Waals surface area contributed by atoms with Gasteiger partial charge in [0.2, 0.25) is 5.91 Å². The summed E-state index contributed by atoms with van der Waals surface area (Å²) in [5.74, 6) is -0.545. The highest BCUT2D eigenvalue weighted by Crippen LogP contribution is 2.21. The number of nitrogens with one attached hydrogen (secondary N) is 2. The van der Waals surface area contributed by atoms with Gasteiger partial charge in [0.05, 0.1) is 6.26 Å². The van der Waals surface area contributed by atoms with Gasteiger partial charge in [-0.2, -0.15) is 0 Å². The molecule has 2 N–H and O–H groups in total. The molecule has 0 radical (unpaired) electrons. The molecule has 0 fully saturated rings. The van der Waals surface area contributed by atoms with Crippen molar-refractivity contribution in [2.75, 3.05) is 26.0 Å². The maximum atomic E-state index is 13.2. The number of amides is 2. The van der Waals surface area contributed by atoms with Crippen molar-refractivity contribution < 1.29 is 14.0 Å². The zero-order valence-corrected chi connectivity index (χ0v) is 18.8. The second kappa shape index (κ2) is 10.2. The number of carbonyl (C=O) groups excluding carboxylic acids is 2. The van der Waals surface area contributed by atoms with Crippen molar-refractivity contribution in [1.29, 1.82) is 0 Å². The molecule has 2 heterocycles. The SMILES string of the molecule is CN(C)CCn1ccc2cc(NC(=O)C(Cc3ccccc3)NC(=O)c3ccco3)ccc21. The maximum absolute atomic E-state index is 13.2. The smallest absolute Gasteiger partial charge is 0.287 e. The molecule has 0 aliphatic rings. The Morgan fingerprint density at radius 3 is 2.58 bits per heavy atom. The van der Waals surface area contributed by atoms with Gasteiger partial charge in [0, 0.05) is 42.3 Å². The molecule has 0 saturated carbocycles. The van der Waals surface area contributed by atoms with Crippen LogP contribution in [0.15, 0.2) is 83.6 Å². The summed E-state index contributed by atoms with van der Waals surface area (Å²) in [6.45, 7) is 1.83. The van der Waals surface area contributed by atoms with E-state index < -0.39 is 11.9 Å². The molecule has 2 aromatic heterocycles. The minimum atomic E-state index is -0.759. The Kier molecular flexibility index (Phi) is 6.90. The van der Waals surface area contributed by atoms with Gasteiger partial charge in [-0.05, 0) is 56.1 Å². The molecule has 0 aliphatic heterocycles. The van der Waals surface area contributed by atoms with Crippen LogP contribution in [0.5, 0.6) is 0 Å². The summed E-state index contributed by atoms with van der Waals surface area (Å²) >= 11 is 0. The predicted molar refractivity (Wildman–Crippen MR) is 129 cm³/mol. The van der Waals surface area contributed by atoms with Crippen LogP contribution in [0.4, 0.5) is 5.69 Å². The minimum absolute atomic E-state index is 0.168. The fraction of sp³-hybridized carbons (Fsp3) is 0.231. The quantitative estimate of drug-likeness (QED) is 0.412. The summed E-state index contributed by atoms with van der Waals surface area (Å²) in [6, 6.07) is 19.9. The van der Waals surface area contributed by atoms with Crippen molar-refractivity contribution in [1.82, 2.24) is 14.8 Å². The molecular weight excluding hydrogens is 416 g/mol. The van der Waals surface area contributed by atoms with Gasteiger partial charge in [-0.25, -0.2) is 0 Å². The summed E-state index contributed by atoms with van der Waals surface area (Å²) in [6.07, 6.45) is 3.85. The monoisotopic (exact) mass is 444 g/mol. The second-order valence-corrected chi connectivity index (χ2v) is 8.27. The largest absolute Gasteiger partial charge is 0.459 e. The van der Waals surface area contributed by atoms with Crippen molar-refractivity contribution >= 4 is 28.4 Å². The van der Waals surface area contributed by atoms with Gasteiger partial charge in [0.1, 0.15) is 6.04 Å². The first-order chi connectivity index (χ1) is 16.0. The van der Waals surface area contributed by atoms with E-state index in [-0.39, 0.29) is 11.7 Å². The molecule has 4 aromatic rings. The third kappa shape index (κ3) is 5.70. The van der Waals surface area contributed by atoms with Crippen LogP contribution in [0.1, 0.15) is 16.1 Å². The number of aromatic nitrogens is 1. The molecule has 1 unspecified atom stereocenters. The zero-order chi connectivity index (χ0) is 23.2. The van der Waals surface area contributed by atoms with E-state index in [4.69, 9.17) is 4.42 Å². The summed E-state index contributed by atoms with van der Waals surface area (Å²) < 4.78 is 7.38. The van der Waals surface area contributed by atoms with E-state index in [1.807, 2.05) is 54.6 Å². The number of hydrogen-bond acceptors (Lipinski definition) is 4. The molecule has 33 heavy (non-hydrogen) atoms. The van der Waals surface area contributed by atoms with E-state index >= 15 is 0 Å². The highest BCUT2D eigenvalue weighted by atomic mass is 16.3. The van der Waals surface area contributed by atoms with Gasteiger partial charge in [0.15, 0.2) is 5.76 Å². The lowest BCUT2D eigenvalue weighted by molar-refractivity contribution is -0.118. The number of carbonyl (C=O) groups is 2. The van der Waals surface area contributed by atoms with Crippen molar-refractivity contribution in [2.24, 2.45) is 0 Å². The number of fused-ring (bicyclic) bond motifs is 1. The lowest BCUT2D eigenvalue weighted by Crippen LogP contribution is -2.45. The zero-order valence-electron chi connectivity index (χ0n) is 18.8. The lowest BCUT2D eigenvalue weighted by Gasteiger charge is -2.18. The fourth-order valence-corrected chi connectivity index (χ4v) is 3.71. The highest BCUT2D eigenvalue weighted by molar-refractivity contribution is 6.01. The number of nitrogens with zero attached hydrogens (tertiary/aromatic N) is 2. The molecular formula is C26H28N4O3. The standard InChI is InChI=1S/C26H28N4O3/c1-29(2)14-15-30-13-12-20-18-21(10-11-23(20)30)27-25(31)22(17-19-7-4-3-5-8-19)28-26(32)24-9-6-16-33-24/h3-13,16,18,22H,14-15,17H2,1-2H3,(H,27,31)(H,28,32). The molecule has 0 spiro atoms. The molecule has 7 nitrogen and oxygen atoms in total. The third-order valence-electron chi connectivity index (χ3n) is 5.48. The highest BCUT2D eigenvalue weighted by Gasteiger charge is 2.23. The van der Waals surface area contributed by atoms with Gasteiger partial charge in [0.25, 0.3) is 5.91 Å².